The van der Waals surface area contributed by atoms with Crippen LogP contribution in [0.15, 0.2) is 22.8 Å². The summed E-state index contributed by atoms with van der Waals surface area (Å²) >= 11 is 3.43. The van der Waals surface area contributed by atoms with E-state index in [-0.39, 0.29) is 0 Å². The van der Waals surface area contributed by atoms with Crippen molar-refractivity contribution in [2.45, 2.75) is 19.3 Å². The van der Waals surface area contributed by atoms with Crippen LogP contribution >= 0.6 is 15.9 Å². The van der Waals surface area contributed by atoms with E-state index >= 15 is 0 Å². The van der Waals surface area contributed by atoms with Crippen LogP contribution in [0.25, 0.3) is 0 Å². The summed E-state index contributed by atoms with van der Waals surface area (Å²) in [4.78, 5) is 6.97. The molecule has 2 nitrogen and oxygen atoms in total. The molecule has 0 aromatic carbocycles. The molecule has 3 heteroatoms. The summed E-state index contributed by atoms with van der Waals surface area (Å²) in [6, 6.07) is 6.17. The molecule has 80 valence electrons. The lowest BCUT2D eigenvalue weighted by molar-refractivity contribution is 0.494. The highest BCUT2D eigenvalue weighted by molar-refractivity contribution is 9.10. The zero-order valence-corrected chi connectivity index (χ0v) is 10.3. The highest BCUT2D eigenvalue weighted by Crippen LogP contribution is 2.39. The van der Waals surface area contributed by atoms with Crippen molar-refractivity contribution in [2.24, 2.45) is 11.8 Å². The van der Waals surface area contributed by atoms with Crippen LogP contribution in [0.5, 0.6) is 0 Å². The maximum atomic E-state index is 4.53. The Morgan fingerprint density at radius 2 is 1.93 bits per heavy atom. The van der Waals surface area contributed by atoms with E-state index in [0.717, 1.165) is 22.3 Å². The van der Waals surface area contributed by atoms with Crippen LogP contribution < -0.4 is 4.90 Å². The molecule has 0 amide bonds. The molecule has 3 rings (SSSR count). The molecule has 1 saturated carbocycles. The fraction of sp³-hybridized carbons (Fsp3) is 0.583. The summed E-state index contributed by atoms with van der Waals surface area (Å²) in [5.74, 6) is 3.01. The van der Waals surface area contributed by atoms with E-state index in [9.17, 15) is 0 Å². The molecular formula is C12H15BrN2. The van der Waals surface area contributed by atoms with E-state index in [1.54, 1.807) is 0 Å². The zero-order chi connectivity index (χ0) is 10.3. The number of halogens is 1. The van der Waals surface area contributed by atoms with Gasteiger partial charge in [-0.1, -0.05) is 12.5 Å². The molecule has 1 aliphatic carbocycles. The van der Waals surface area contributed by atoms with Gasteiger partial charge in [0.05, 0.1) is 0 Å². The van der Waals surface area contributed by atoms with Gasteiger partial charge in [0.1, 0.15) is 10.4 Å². The van der Waals surface area contributed by atoms with E-state index < -0.39 is 0 Å². The van der Waals surface area contributed by atoms with Crippen molar-refractivity contribution in [1.82, 2.24) is 4.98 Å². The van der Waals surface area contributed by atoms with Crippen LogP contribution in [0.2, 0.25) is 0 Å². The van der Waals surface area contributed by atoms with Gasteiger partial charge >= 0.3 is 0 Å². The topological polar surface area (TPSA) is 16.1 Å². The predicted molar refractivity (Wildman–Crippen MR) is 65.0 cm³/mol. The fourth-order valence-electron chi connectivity index (χ4n) is 3.00. The molecule has 0 radical (unpaired) electrons. The lowest BCUT2D eigenvalue weighted by Gasteiger charge is -2.18. The lowest BCUT2D eigenvalue weighted by Crippen LogP contribution is -2.21. The molecule has 0 spiro atoms. The average molecular weight is 267 g/mol. The summed E-state index contributed by atoms with van der Waals surface area (Å²) in [5.41, 5.74) is 0. The first-order chi connectivity index (χ1) is 7.33. The summed E-state index contributed by atoms with van der Waals surface area (Å²) in [6.07, 6.45) is 4.29. The molecule has 0 bridgehead atoms. The van der Waals surface area contributed by atoms with E-state index in [1.165, 1.54) is 32.4 Å². The van der Waals surface area contributed by atoms with Crippen molar-refractivity contribution < 1.29 is 0 Å². The number of pyridine rings is 1. The Kier molecular flexibility index (Phi) is 2.43. The van der Waals surface area contributed by atoms with Gasteiger partial charge in [0.25, 0.3) is 0 Å². The summed E-state index contributed by atoms with van der Waals surface area (Å²) in [6.45, 7) is 2.43. The number of rotatable bonds is 1. The largest absolute Gasteiger partial charge is 0.356 e. The Morgan fingerprint density at radius 1 is 1.20 bits per heavy atom. The normalized spacial score (nSPS) is 29.5. The van der Waals surface area contributed by atoms with E-state index in [4.69, 9.17) is 0 Å². The van der Waals surface area contributed by atoms with Crippen LogP contribution in [0.4, 0.5) is 5.82 Å². The maximum absolute atomic E-state index is 4.53. The van der Waals surface area contributed by atoms with Gasteiger partial charge in [-0.2, -0.15) is 0 Å². The quantitative estimate of drug-likeness (QED) is 0.727. The van der Waals surface area contributed by atoms with Crippen molar-refractivity contribution in [1.29, 1.82) is 0 Å². The Bertz CT molecular complexity index is 354. The Labute approximate surface area is 98.8 Å². The molecule has 2 heterocycles. The molecular weight excluding hydrogens is 252 g/mol. The van der Waals surface area contributed by atoms with Crippen molar-refractivity contribution in [3.05, 3.63) is 22.8 Å². The monoisotopic (exact) mass is 266 g/mol. The average Bonchev–Trinajstić information content (AvgIpc) is 2.76. The molecule has 1 aromatic heterocycles. The molecule has 0 N–H and O–H groups in total. The Morgan fingerprint density at radius 3 is 2.60 bits per heavy atom. The fourth-order valence-corrected chi connectivity index (χ4v) is 3.33. The second-order valence-electron chi connectivity index (χ2n) is 4.67. The van der Waals surface area contributed by atoms with Gasteiger partial charge in [-0.05, 0) is 52.7 Å². The zero-order valence-electron chi connectivity index (χ0n) is 8.69. The van der Waals surface area contributed by atoms with Gasteiger partial charge in [0.15, 0.2) is 0 Å². The lowest BCUT2D eigenvalue weighted by atomic mass is 10.0. The van der Waals surface area contributed by atoms with Gasteiger partial charge in [0.2, 0.25) is 0 Å². The minimum atomic E-state index is 0.936. The third-order valence-corrected chi connectivity index (χ3v) is 4.19. The summed E-state index contributed by atoms with van der Waals surface area (Å²) < 4.78 is 0.942. The highest BCUT2D eigenvalue weighted by Gasteiger charge is 2.36. The maximum Gasteiger partial charge on any atom is 0.129 e. The molecule has 1 saturated heterocycles. The predicted octanol–water partition coefficient (Wildman–Crippen LogP) is 3.08. The third kappa shape index (κ3) is 1.78. The van der Waals surface area contributed by atoms with Crippen molar-refractivity contribution in [2.75, 3.05) is 18.0 Å². The second-order valence-corrected chi connectivity index (χ2v) is 5.49. The first-order valence-electron chi connectivity index (χ1n) is 5.70. The number of fused-ring (bicyclic) bond motifs is 1. The molecule has 2 unspecified atom stereocenters. The number of anilines is 1. The van der Waals surface area contributed by atoms with Crippen LogP contribution in [-0.4, -0.2) is 18.1 Å². The van der Waals surface area contributed by atoms with Crippen molar-refractivity contribution >= 4 is 21.7 Å². The van der Waals surface area contributed by atoms with E-state index in [0.29, 0.717) is 0 Å². The number of hydrogen-bond acceptors (Lipinski definition) is 2. The van der Waals surface area contributed by atoms with Crippen molar-refractivity contribution in [3.63, 3.8) is 0 Å². The third-order valence-electron chi connectivity index (χ3n) is 3.75. The van der Waals surface area contributed by atoms with Crippen LogP contribution in [-0.2, 0) is 0 Å². The van der Waals surface area contributed by atoms with Crippen LogP contribution in [0.1, 0.15) is 19.3 Å². The Hall–Kier alpha value is -0.570. The number of aromatic nitrogens is 1. The van der Waals surface area contributed by atoms with Gasteiger partial charge in [-0.15, -0.1) is 0 Å². The number of hydrogen-bond donors (Lipinski definition) is 0. The first-order valence-corrected chi connectivity index (χ1v) is 6.50. The first kappa shape index (κ1) is 9.64. The summed E-state index contributed by atoms with van der Waals surface area (Å²) in [5, 5.41) is 0. The minimum Gasteiger partial charge on any atom is -0.356 e. The molecule has 1 aliphatic heterocycles. The van der Waals surface area contributed by atoms with Crippen LogP contribution in [0.3, 0.4) is 0 Å². The minimum absolute atomic E-state index is 0.936. The highest BCUT2D eigenvalue weighted by atomic mass is 79.9. The van der Waals surface area contributed by atoms with Gasteiger partial charge in [-0.25, -0.2) is 4.98 Å². The summed E-state index contributed by atoms with van der Waals surface area (Å²) in [7, 11) is 0. The molecule has 2 atom stereocenters. The molecule has 2 fully saturated rings. The van der Waals surface area contributed by atoms with Crippen LogP contribution in [0, 0.1) is 11.8 Å². The SMILES string of the molecule is Brc1cccc(N2CC3CCCC3C2)n1. The van der Waals surface area contributed by atoms with Crippen molar-refractivity contribution in [3.8, 4) is 0 Å². The molecule has 1 aromatic rings. The van der Waals surface area contributed by atoms with Gasteiger partial charge in [-0.3, -0.25) is 0 Å². The van der Waals surface area contributed by atoms with Gasteiger partial charge < -0.3 is 4.90 Å². The molecule has 15 heavy (non-hydrogen) atoms. The van der Waals surface area contributed by atoms with E-state index in [1.807, 2.05) is 6.07 Å². The standard InChI is InChI=1S/C12H15BrN2/c13-11-5-2-6-12(14-11)15-7-9-3-1-4-10(9)8-15/h2,5-6,9-10H,1,3-4,7-8H2. The Balaban J connectivity index is 1.79. The van der Waals surface area contributed by atoms with Gasteiger partial charge in [0, 0.05) is 13.1 Å². The van der Waals surface area contributed by atoms with E-state index in [2.05, 4.69) is 37.9 Å². The number of nitrogens with zero attached hydrogens (tertiary/aromatic N) is 2. The molecule has 2 aliphatic rings. The smallest absolute Gasteiger partial charge is 0.129 e. The second kappa shape index (κ2) is 3.78.